The van der Waals surface area contributed by atoms with E-state index in [0.29, 0.717) is 18.5 Å². The Morgan fingerprint density at radius 3 is 2.38 bits per heavy atom. The largest absolute Gasteiger partial charge is 0.497 e. The number of carbonyl (C=O) groups is 1. The van der Waals surface area contributed by atoms with E-state index in [4.69, 9.17) is 4.74 Å². The molecule has 0 saturated heterocycles. The molecule has 1 aromatic carbocycles. The Hall–Kier alpha value is -1.55. The first kappa shape index (κ1) is 15.8. The Labute approximate surface area is 127 Å². The van der Waals surface area contributed by atoms with Gasteiger partial charge in [-0.1, -0.05) is 12.1 Å². The van der Waals surface area contributed by atoms with Crippen LogP contribution in [0.15, 0.2) is 24.3 Å². The van der Waals surface area contributed by atoms with Gasteiger partial charge >= 0.3 is 0 Å². The number of benzene rings is 1. The minimum absolute atomic E-state index is 0.0652. The number of methoxy groups -OCH3 is 1. The van der Waals surface area contributed by atoms with E-state index in [1.807, 2.05) is 32.9 Å². The summed E-state index contributed by atoms with van der Waals surface area (Å²) in [6.07, 6.45) is 2.18. The standard InChI is InChI=1S/C17H26N2O2/c1-17(2,3)19-16(20)11-18-14-9-13(10-14)12-5-7-15(21-4)8-6-12/h5-8,13-14,18H,9-11H2,1-4H3,(H,19,20). The van der Waals surface area contributed by atoms with Crippen LogP contribution in [0.4, 0.5) is 0 Å². The van der Waals surface area contributed by atoms with Crippen LogP contribution in [0, 0.1) is 0 Å². The third kappa shape index (κ3) is 4.74. The Bertz CT molecular complexity index is 471. The summed E-state index contributed by atoms with van der Waals surface area (Å²) in [5.74, 6) is 1.56. The van der Waals surface area contributed by atoms with Gasteiger partial charge in [0.05, 0.1) is 13.7 Å². The van der Waals surface area contributed by atoms with E-state index in [0.717, 1.165) is 18.6 Å². The lowest BCUT2D eigenvalue weighted by Gasteiger charge is -2.36. The Balaban J connectivity index is 1.70. The Morgan fingerprint density at radius 2 is 1.86 bits per heavy atom. The molecule has 1 saturated carbocycles. The van der Waals surface area contributed by atoms with Crippen LogP contribution in [0.5, 0.6) is 5.75 Å². The van der Waals surface area contributed by atoms with Gasteiger partial charge in [-0.3, -0.25) is 4.79 Å². The fourth-order valence-corrected chi connectivity index (χ4v) is 2.63. The molecule has 0 aromatic heterocycles. The van der Waals surface area contributed by atoms with E-state index in [1.54, 1.807) is 7.11 Å². The van der Waals surface area contributed by atoms with Crippen LogP contribution >= 0.6 is 0 Å². The van der Waals surface area contributed by atoms with Gasteiger partial charge in [-0.25, -0.2) is 0 Å². The van der Waals surface area contributed by atoms with Crippen molar-refractivity contribution >= 4 is 5.91 Å². The number of hydrogen-bond acceptors (Lipinski definition) is 3. The van der Waals surface area contributed by atoms with E-state index in [-0.39, 0.29) is 11.4 Å². The van der Waals surface area contributed by atoms with Crippen molar-refractivity contribution < 1.29 is 9.53 Å². The highest BCUT2D eigenvalue weighted by Gasteiger charge is 2.30. The molecule has 0 atom stereocenters. The third-order valence-corrected chi connectivity index (χ3v) is 3.79. The van der Waals surface area contributed by atoms with E-state index in [1.165, 1.54) is 5.56 Å². The number of ether oxygens (including phenoxy) is 1. The van der Waals surface area contributed by atoms with Crippen molar-refractivity contribution in [3.8, 4) is 5.75 Å². The minimum atomic E-state index is -0.163. The number of hydrogen-bond donors (Lipinski definition) is 2. The molecule has 0 bridgehead atoms. The van der Waals surface area contributed by atoms with Gasteiger partial charge < -0.3 is 15.4 Å². The molecule has 116 valence electrons. The minimum Gasteiger partial charge on any atom is -0.497 e. The summed E-state index contributed by atoms with van der Waals surface area (Å²) in [4.78, 5) is 11.7. The topological polar surface area (TPSA) is 50.4 Å². The van der Waals surface area contributed by atoms with Crippen molar-refractivity contribution in [3.05, 3.63) is 29.8 Å². The SMILES string of the molecule is COc1ccc(C2CC(NCC(=O)NC(C)(C)C)C2)cc1. The molecular formula is C17H26N2O2. The van der Waals surface area contributed by atoms with Crippen molar-refractivity contribution in [3.63, 3.8) is 0 Å². The van der Waals surface area contributed by atoms with E-state index < -0.39 is 0 Å². The molecule has 2 rings (SSSR count). The first-order valence-electron chi connectivity index (χ1n) is 7.56. The fraction of sp³-hybridized carbons (Fsp3) is 0.588. The average molecular weight is 290 g/mol. The second-order valence-electron chi connectivity index (χ2n) is 6.82. The fourth-order valence-electron chi connectivity index (χ4n) is 2.63. The number of amides is 1. The zero-order valence-corrected chi connectivity index (χ0v) is 13.4. The molecule has 1 fully saturated rings. The predicted octanol–water partition coefficient (Wildman–Crippen LogP) is 2.45. The van der Waals surface area contributed by atoms with Gasteiger partial charge in [0.1, 0.15) is 5.75 Å². The smallest absolute Gasteiger partial charge is 0.234 e. The lowest BCUT2D eigenvalue weighted by molar-refractivity contribution is -0.121. The number of nitrogens with one attached hydrogen (secondary N) is 2. The molecule has 1 amide bonds. The van der Waals surface area contributed by atoms with Crippen LogP contribution in [-0.4, -0.2) is 31.1 Å². The molecule has 0 aliphatic heterocycles. The molecule has 4 nitrogen and oxygen atoms in total. The van der Waals surface area contributed by atoms with E-state index in [2.05, 4.69) is 22.8 Å². The number of rotatable bonds is 5. The molecule has 21 heavy (non-hydrogen) atoms. The van der Waals surface area contributed by atoms with Crippen LogP contribution in [-0.2, 0) is 4.79 Å². The van der Waals surface area contributed by atoms with Gasteiger partial charge in [0.15, 0.2) is 0 Å². The van der Waals surface area contributed by atoms with Gasteiger partial charge in [-0.2, -0.15) is 0 Å². The zero-order chi connectivity index (χ0) is 15.5. The summed E-state index contributed by atoms with van der Waals surface area (Å²) in [5.41, 5.74) is 1.19. The van der Waals surface area contributed by atoms with Crippen molar-refractivity contribution in [1.82, 2.24) is 10.6 Å². The summed E-state index contributed by atoms with van der Waals surface area (Å²) in [7, 11) is 1.68. The maximum atomic E-state index is 11.7. The van der Waals surface area contributed by atoms with Crippen molar-refractivity contribution in [2.75, 3.05) is 13.7 Å². The summed E-state index contributed by atoms with van der Waals surface area (Å²) in [5, 5.41) is 6.29. The first-order chi connectivity index (χ1) is 9.87. The maximum absolute atomic E-state index is 11.7. The molecular weight excluding hydrogens is 264 g/mol. The Kier molecular flexibility index (Phi) is 4.88. The average Bonchev–Trinajstić information content (AvgIpc) is 2.35. The normalized spacial score (nSPS) is 21.5. The van der Waals surface area contributed by atoms with Gasteiger partial charge in [-0.15, -0.1) is 0 Å². The lowest BCUT2D eigenvalue weighted by atomic mass is 9.76. The first-order valence-corrected chi connectivity index (χ1v) is 7.56. The third-order valence-electron chi connectivity index (χ3n) is 3.79. The molecule has 1 aromatic rings. The summed E-state index contributed by atoms with van der Waals surface area (Å²) in [6, 6.07) is 8.72. The van der Waals surface area contributed by atoms with Crippen LogP contribution in [0.2, 0.25) is 0 Å². The second kappa shape index (κ2) is 6.48. The monoisotopic (exact) mass is 290 g/mol. The molecule has 0 radical (unpaired) electrons. The highest BCUT2D eigenvalue weighted by atomic mass is 16.5. The van der Waals surface area contributed by atoms with Crippen molar-refractivity contribution in [2.24, 2.45) is 0 Å². The zero-order valence-electron chi connectivity index (χ0n) is 13.4. The van der Waals surface area contributed by atoms with Gasteiger partial charge in [0.2, 0.25) is 5.91 Å². The number of carbonyl (C=O) groups excluding carboxylic acids is 1. The molecule has 0 spiro atoms. The van der Waals surface area contributed by atoms with E-state index in [9.17, 15) is 4.79 Å². The molecule has 1 aliphatic rings. The van der Waals surface area contributed by atoms with E-state index >= 15 is 0 Å². The highest BCUT2D eigenvalue weighted by Crippen LogP contribution is 2.37. The predicted molar refractivity (Wildman–Crippen MR) is 84.7 cm³/mol. The molecule has 2 N–H and O–H groups in total. The summed E-state index contributed by atoms with van der Waals surface area (Å²) >= 11 is 0. The van der Waals surface area contributed by atoms with Crippen molar-refractivity contribution in [2.45, 2.75) is 51.1 Å². The van der Waals surface area contributed by atoms with Crippen LogP contribution in [0.25, 0.3) is 0 Å². The summed E-state index contributed by atoms with van der Waals surface area (Å²) < 4.78 is 5.17. The molecule has 4 heteroatoms. The maximum Gasteiger partial charge on any atom is 0.234 e. The quantitative estimate of drug-likeness (QED) is 0.876. The highest BCUT2D eigenvalue weighted by molar-refractivity contribution is 5.78. The molecule has 0 heterocycles. The van der Waals surface area contributed by atoms with Gasteiger partial charge in [0.25, 0.3) is 0 Å². The van der Waals surface area contributed by atoms with Gasteiger partial charge in [-0.05, 0) is 57.2 Å². The van der Waals surface area contributed by atoms with Gasteiger partial charge in [0, 0.05) is 11.6 Å². The summed E-state index contributed by atoms with van der Waals surface area (Å²) in [6.45, 7) is 6.38. The van der Waals surface area contributed by atoms with Crippen LogP contribution in [0.1, 0.15) is 45.1 Å². The molecule has 1 aliphatic carbocycles. The molecule has 0 unspecified atom stereocenters. The van der Waals surface area contributed by atoms with Crippen LogP contribution < -0.4 is 15.4 Å². The lowest BCUT2D eigenvalue weighted by Crippen LogP contribution is -2.49. The van der Waals surface area contributed by atoms with Crippen LogP contribution in [0.3, 0.4) is 0 Å². The van der Waals surface area contributed by atoms with Crippen molar-refractivity contribution in [1.29, 1.82) is 0 Å². The Morgan fingerprint density at radius 1 is 1.24 bits per heavy atom. The second-order valence-corrected chi connectivity index (χ2v) is 6.82.